The molecule has 174 valence electrons. The van der Waals surface area contributed by atoms with Crippen LogP contribution in [-0.4, -0.2) is 42.0 Å². The van der Waals surface area contributed by atoms with Gasteiger partial charge in [-0.3, -0.25) is 20.4 Å². The van der Waals surface area contributed by atoms with Gasteiger partial charge in [-0.05, 0) is 42.8 Å². The molecule has 0 fully saturated rings. The molecule has 2 N–H and O–H groups in total. The van der Waals surface area contributed by atoms with Crippen LogP contribution in [0.2, 0.25) is 5.02 Å². The third kappa shape index (κ3) is 7.02. The molecule has 1 heterocycles. The van der Waals surface area contributed by atoms with Gasteiger partial charge >= 0.3 is 0 Å². The van der Waals surface area contributed by atoms with Crippen molar-refractivity contribution in [2.75, 3.05) is 20.0 Å². The van der Waals surface area contributed by atoms with E-state index in [1.54, 1.807) is 24.3 Å². The number of hydrogen-bond donors (Lipinski definition) is 2. The largest absolute Gasteiger partial charge is 0.497 e. The fourth-order valence-corrected chi connectivity index (χ4v) is 3.38. The second-order valence-electron chi connectivity index (χ2n) is 6.55. The lowest BCUT2D eigenvalue weighted by atomic mass is 10.2. The van der Waals surface area contributed by atoms with E-state index >= 15 is 0 Å². The Balaban J connectivity index is 1.45. The summed E-state index contributed by atoms with van der Waals surface area (Å²) in [4.78, 5) is 24.3. The highest BCUT2D eigenvalue weighted by Gasteiger charge is 2.13. The number of amides is 2. The lowest BCUT2D eigenvalue weighted by Crippen LogP contribution is -2.42. The summed E-state index contributed by atoms with van der Waals surface area (Å²) in [6, 6.07) is 9.93. The molecule has 0 aliphatic carbocycles. The van der Waals surface area contributed by atoms with Crippen LogP contribution in [-0.2, 0) is 11.4 Å². The monoisotopic (exact) mass is 492 g/mol. The minimum Gasteiger partial charge on any atom is -0.497 e. The molecule has 12 heteroatoms. The fraction of sp³-hybridized carbons (Fsp3) is 0.238. The molecular formula is C21H21ClN4O6S. The van der Waals surface area contributed by atoms with E-state index in [0.29, 0.717) is 22.3 Å². The fourth-order valence-electron chi connectivity index (χ4n) is 2.57. The summed E-state index contributed by atoms with van der Waals surface area (Å²) in [7, 11) is 2.95. The standard InChI is InChI=1S/C21H21ClN4O6S/c1-12-6-14(22)4-5-17(12)31-10-19-24-26-21(32-19)33-11-18(27)23-25-20(28)13-7-15(29-2)9-16(8-13)30-3/h4-9H,10-11H2,1-3H3,(H,23,27)(H,25,28). The number of halogens is 1. The topological polar surface area (TPSA) is 125 Å². The Morgan fingerprint density at radius 1 is 1.06 bits per heavy atom. The Hall–Kier alpha value is -3.44. The van der Waals surface area contributed by atoms with Gasteiger partial charge in [-0.15, -0.1) is 10.2 Å². The van der Waals surface area contributed by atoms with Crippen LogP contribution in [0.3, 0.4) is 0 Å². The van der Waals surface area contributed by atoms with E-state index in [1.807, 2.05) is 6.92 Å². The zero-order chi connectivity index (χ0) is 23.8. The van der Waals surface area contributed by atoms with Gasteiger partial charge in [0.1, 0.15) is 17.2 Å². The number of carbonyl (C=O) groups is 2. The first-order valence-electron chi connectivity index (χ1n) is 9.54. The molecule has 0 saturated carbocycles. The first-order valence-corrected chi connectivity index (χ1v) is 10.9. The van der Waals surface area contributed by atoms with Crippen LogP contribution in [0.15, 0.2) is 46.0 Å². The highest BCUT2D eigenvalue weighted by Crippen LogP contribution is 2.24. The minimum atomic E-state index is -0.528. The van der Waals surface area contributed by atoms with E-state index in [1.165, 1.54) is 26.4 Å². The van der Waals surface area contributed by atoms with E-state index in [2.05, 4.69) is 21.0 Å². The maximum absolute atomic E-state index is 12.3. The molecule has 0 spiro atoms. The van der Waals surface area contributed by atoms with Gasteiger partial charge in [-0.25, -0.2) is 0 Å². The smallest absolute Gasteiger partial charge is 0.277 e. The summed E-state index contributed by atoms with van der Waals surface area (Å²) in [6.07, 6.45) is 0. The van der Waals surface area contributed by atoms with Crippen LogP contribution in [0.4, 0.5) is 0 Å². The number of nitrogens with one attached hydrogen (secondary N) is 2. The molecule has 0 unspecified atom stereocenters. The van der Waals surface area contributed by atoms with Crippen LogP contribution < -0.4 is 25.1 Å². The molecule has 0 aliphatic heterocycles. The Kier molecular flexibility index (Phi) is 8.39. The van der Waals surface area contributed by atoms with Crippen molar-refractivity contribution in [1.29, 1.82) is 0 Å². The normalized spacial score (nSPS) is 10.4. The van der Waals surface area contributed by atoms with E-state index < -0.39 is 11.8 Å². The average Bonchev–Trinajstić information content (AvgIpc) is 3.28. The van der Waals surface area contributed by atoms with Gasteiger partial charge < -0.3 is 18.6 Å². The molecule has 0 saturated heterocycles. The van der Waals surface area contributed by atoms with Crippen molar-refractivity contribution in [3.8, 4) is 17.2 Å². The average molecular weight is 493 g/mol. The van der Waals surface area contributed by atoms with Crippen molar-refractivity contribution in [3.05, 3.63) is 58.4 Å². The number of rotatable bonds is 9. The quantitative estimate of drug-likeness (QED) is 0.342. The molecule has 3 aromatic rings. The molecule has 3 rings (SSSR count). The number of methoxy groups -OCH3 is 2. The van der Waals surface area contributed by atoms with Gasteiger partial charge in [0.05, 0.1) is 20.0 Å². The number of nitrogens with zero attached hydrogens (tertiary/aromatic N) is 2. The number of aromatic nitrogens is 2. The van der Waals surface area contributed by atoms with Crippen LogP contribution >= 0.6 is 23.4 Å². The van der Waals surface area contributed by atoms with E-state index in [-0.39, 0.29) is 29.0 Å². The zero-order valence-corrected chi connectivity index (χ0v) is 19.6. The maximum atomic E-state index is 12.3. The van der Waals surface area contributed by atoms with Crippen molar-refractivity contribution in [2.45, 2.75) is 18.8 Å². The Morgan fingerprint density at radius 3 is 2.45 bits per heavy atom. The zero-order valence-electron chi connectivity index (χ0n) is 18.0. The van der Waals surface area contributed by atoms with Crippen molar-refractivity contribution in [2.24, 2.45) is 0 Å². The van der Waals surface area contributed by atoms with Crippen molar-refractivity contribution in [3.63, 3.8) is 0 Å². The number of hydrazine groups is 1. The van der Waals surface area contributed by atoms with Gasteiger partial charge in [-0.2, -0.15) is 0 Å². The number of ether oxygens (including phenoxy) is 3. The molecular weight excluding hydrogens is 472 g/mol. The second-order valence-corrected chi connectivity index (χ2v) is 7.92. The summed E-state index contributed by atoms with van der Waals surface area (Å²) < 4.78 is 21.4. The van der Waals surface area contributed by atoms with E-state index in [4.69, 9.17) is 30.2 Å². The molecule has 0 radical (unpaired) electrons. The highest BCUT2D eigenvalue weighted by atomic mass is 35.5. The van der Waals surface area contributed by atoms with E-state index in [0.717, 1.165) is 17.3 Å². The van der Waals surface area contributed by atoms with Crippen LogP contribution in [0.1, 0.15) is 21.8 Å². The van der Waals surface area contributed by atoms with E-state index in [9.17, 15) is 9.59 Å². The van der Waals surface area contributed by atoms with Gasteiger partial charge in [0.2, 0.25) is 5.91 Å². The summed E-state index contributed by atoms with van der Waals surface area (Å²) in [5, 5.41) is 8.57. The number of benzene rings is 2. The predicted molar refractivity (Wildman–Crippen MR) is 121 cm³/mol. The summed E-state index contributed by atoms with van der Waals surface area (Å²) in [5.41, 5.74) is 5.79. The summed E-state index contributed by atoms with van der Waals surface area (Å²) in [5.74, 6) is 0.757. The molecule has 2 aromatic carbocycles. The number of hydrogen-bond acceptors (Lipinski definition) is 9. The van der Waals surface area contributed by atoms with Gasteiger partial charge in [0.15, 0.2) is 6.61 Å². The SMILES string of the molecule is COc1cc(OC)cc(C(=O)NNC(=O)CSc2nnc(COc3ccc(Cl)cc3C)o2)c1. The van der Waals surface area contributed by atoms with Crippen LogP contribution in [0, 0.1) is 6.92 Å². The number of carbonyl (C=O) groups excluding carboxylic acids is 2. The first-order chi connectivity index (χ1) is 15.9. The maximum Gasteiger partial charge on any atom is 0.277 e. The third-order valence-electron chi connectivity index (χ3n) is 4.19. The van der Waals surface area contributed by atoms with Crippen LogP contribution in [0.5, 0.6) is 17.2 Å². The summed E-state index contributed by atoms with van der Waals surface area (Å²) >= 11 is 6.95. The Bertz CT molecular complexity index is 1120. The molecule has 10 nitrogen and oxygen atoms in total. The third-order valence-corrected chi connectivity index (χ3v) is 5.25. The predicted octanol–water partition coefficient (Wildman–Crippen LogP) is 3.18. The first kappa shape index (κ1) is 24.2. The van der Waals surface area contributed by atoms with Crippen molar-refractivity contribution >= 4 is 35.2 Å². The lowest BCUT2D eigenvalue weighted by molar-refractivity contribution is -0.119. The second kappa shape index (κ2) is 11.4. The molecule has 0 bridgehead atoms. The van der Waals surface area contributed by atoms with Gasteiger partial charge in [-0.1, -0.05) is 23.4 Å². The molecule has 0 aliphatic rings. The summed E-state index contributed by atoms with van der Waals surface area (Å²) in [6.45, 7) is 1.95. The number of aryl methyl sites for hydroxylation is 1. The van der Waals surface area contributed by atoms with Gasteiger partial charge in [0, 0.05) is 16.7 Å². The molecule has 33 heavy (non-hydrogen) atoms. The Morgan fingerprint density at radius 2 is 1.79 bits per heavy atom. The van der Waals surface area contributed by atoms with Gasteiger partial charge in [0.25, 0.3) is 17.0 Å². The minimum absolute atomic E-state index is 0.0551. The van der Waals surface area contributed by atoms with Crippen molar-refractivity contribution in [1.82, 2.24) is 21.0 Å². The Labute approximate surface area is 198 Å². The number of thioether (sulfide) groups is 1. The highest BCUT2D eigenvalue weighted by molar-refractivity contribution is 7.99. The lowest BCUT2D eigenvalue weighted by Gasteiger charge is -2.09. The molecule has 0 atom stereocenters. The molecule has 2 amide bonds. The molecule has 1 aromatic heterocycles. The van der Waals surface area contributed by atoms with Crippen molar-refractivity contribution < 1.29 is 28.2 Å². The van der Waals surface area contributed by atoms with Crippen LogP contribution in [0.25, 0.3) is 0 Å².